The quantitative estimate of drug-likeness (QED) is 0.572. The molecule has 0 saturated carbocycles. The van der Waals surface area contributed by atoms with Crippen LogP contribution in [0.15, 0.2) is 12.1 Å². The molecule has 1 N–H and O–H groups in total. The topological polar surface area (TPSA) is 86.5 Å². The van der Waals surface area contributed by atoms with Crippen molar-refractivity contribution in [2.75, 3.05) is 27.9 Å². The van der Waals surface area contributed by atoms with Crippen molar-refractivity contribution in [3.63, 3.8) is 0 Å². The number of pyridine rings is 1. The van der Waals surface area contributed by atoms with Gasteiger partial charge in [-0.15, -0.1) is 0 Å². The van der Waals surface area contributed by atoms with Gasteiger partial charge in [0.05, 0.1) is 18.6 Å². The number of hydrogen-bond acceptors (Lipinski definition) is 6. The average molecular weight is 255 g/mol. The third-order valence-electron chi connectivity index (χ3n) is 2.55. The molecule has 0 radical (unpaired) electrons. The van der Waals surface area contributed by atoms with Crippen LogP contribution in [0.25, 0.3) is 0 Å². The van der Waals surface area contributed by atoms with Gasteiger partial charge < -0.3 is 14.8 Å². The van der Waals surface area contributed by atoms with Crippen molar-refractivity contribution < 1.29 is 14.4 Å². The first-order valence-corrected chi connectivity index (χ1v) is 5.46. The molecule has 0 fully saturated rings. The van der Waals surface area contributed by atoms with E-state index in [1.54, 1.807) is 14.2 Å². The third-order valence-corrected chi connectivity index (χ3v) is 2.55. The number of nitrogens with one attached hydrogen (secondary N) is 1. The molecular formula is C11H17N3O4. The minimum Gasteiger partial charge on any atom is -0.481 e. The van der Waals surface area contributed by atoms with E-state index in [4.69, 9.17) is 9.47 Å². The van der Waals surface area contributed by atoms with E-state index in [9.17, 15) is 10.1 Å². The van der Waals surface area contributed by atoms with Crippen molar-refractivity contribution >= 4 is 5.69 Å². The predicted octanol–water partition coefficient (Wildman–Crippen LogP) is 0.775. The van der Waals surface area contributed by atoms with Crippen LogP contribution in [-0.2, 0) is 11.2 Å². The van der Waals surface area contributed by atoms with Crippen LogP contribution in [0.4, 0.5) is 5.69 Å². The lowest BCUT2D eigenvalue weighted by Crippen LogP contribution is -2.32. The first-order valence-electron chi connectivity index (χ1n) is 5.46. The summed E-state index contributed by atoms with van der Waals surface area (Å²) >= 11 is 0. The molecule has 0 aromatic carbocycles. The largest absolute Gasteiger partial charge is 0.481 e. The number of likely N-dealkylation sites (N-methyl/N-ethyl adjacent to an activating group) is 1. The molecule has 7 heteroatoms. The summed E-state index contributed by atoms with van der Waals surface area (Å²) in [6.07, 6.45) is 0.401. The molecule has 0 aliphatic carbocycles. The Bertz CT molecular complexity index is 411. The van der Waals surface area contributed by atoms with Gasteiger partial charge in [0.15, 0.2) is 0 Å². The zero-order chi connectivity index (χ0) is 13.5. The van der Waals surface area contributed by atoms with E-state index in [0.717, 1.165) is 0 Å². The highest BCUT2D eigenvalue weighted by atomic mass is 16.6. The van der Waals surface area contributed by atoms with Gasteiger partial charge in [0.2, 0.25) is 5.88 Å². The Labute approximate surface area is 105 Å². The van der Waals surface area contributed by atoms with Crippen LogP contribution >= 0.6 is 0 Å². The lowest BCUT2D eigenvalue weighted by molar-refractivity contribution is -0.386. The van der Waals surface area contributed by atoms with E-state index >= 15 is 0 Å². The summed E-state index contributed by atoms with van der Waals surface area (Å²) in [5, 5.41) is 13.9. The van der Waals surface area contributed by atoms with Gasteiger partial charge in [-0.25, -0.2) is 4.98 Å². The molecule has 0 aliphatic rings. The van der Waals surface area contributed by atoms with Gasteiger partial charge in [-0.05, 0) is 7.05 Å². The summed E-state index contributed by atoms with van der Waals surface area (Å²) in [5.41, 5.74) is 0.378. The van der Waals surface area contributed by atoms with Crippen LogP contribution in [0.3, 0.4) is 0 Å². The Hall–Kier alpha value is -1.73. The van der Waals surface area contributed by atoms with Crippen molar-refractivity contribution in [1.29, 1.82) is 0 Å². The van der Waals surface area contributed by atoms with E-state index in [-0.39, 0.29) is 11.7 Å². The Balaban J connectivity index is 2.99. The first kappa shape index (κ1) is 14.3. The summed E-state index contributed by atoms with van der Waals surface area (Å²) in [6.45, 7) is 0.451. The standard InChI is InChI=1S/C11H17N3O4/c1-12-8(7-17-2)6-9-10(14(15)16)4-5-11(13-9)18-3/h4-5,8,12H,6-7H2,1-3H3. The maximum atomic E-state index is 10.9. The number of rotatable bonds is 7. The Morgan fingerprint density at radius 1 is 1.50 bits per heavy atom. The summed E-state index contributed by atoms with van der Waals surface area (Å²) < 4.78 is 10.0. The zero-order valence-corrected chi connectivity index (χ0v) is 10.7. The highest BCUT2D eigenvalue weighted by molar-refractivity contribution is 5.38. The fraction of sp³-hybridized carbons (Fsp3) is 0.545. The molecule has 18 heavy (non-hydrogen) atoms. The summed E-state index contributed by atoms with van der Waals surface area (Å²) in [6, 6.07) is 2.85. The first-order chi connectivity index (χ1) is 8.62. The third kappa shape index (κ3) is 3.64. The number of methoxy groups -OCH3 is 2. The normalized spacial score (nSPS) is 12.2. The van der Waals surface area contributed by atoms with Gasteiger partial charge in [0.25, 0.3) is 5.69 Å². The maximum Gasteiger partial charge on any atom is 0.291 e. The van der Waals surface area contributed by atoms with Gasteiger partial charge in [-0.1, -0.05) is 0 Å². The van der Waals surface area contributed by atoms with Crippen molar-refractivity contribution in [3.8, 4) is 5.88 Å². The fourth-order valence-electron chi connectivity index (χ4n) is 1.58. The summed E-state index contributed by atoms with van der Waals surface area (Å²) in [7, 11) is 4.83. The highest BCUT2D eigenvalue weighted by Gasteiger charge is 2.19. The second-order valence-electron chi connectivity index (χ2n) is 3.72. The molecule has 1 aromatic rings. The van der Waals surface area contributed by atoms with Crippen LogP contribution in [-0.4, -0.2) is 43.8 Å². The summed E-state index contributed by atoms with van der Waals surface area (Å²) in [4.78, 5) is 14.6. The Morgan fingerprint density at radius 3 is 2.72 bits per heavy atom. The molecule has 0 spiro atoms. The average Bonchev–Trinajstić information content (AvgIpc) is 2.37. The van der Waals surface area contributed by atoms with Gasteiger partial charge in [-0.2, -0.15) is 0 Å². The predicted molar refractivity (Wildman–Crippen MR) is 65.9 cm³/mol. The molecule has 1 heterocycles. The molecule has 7 nitrogen and oxygen atoms in total. The smallest absolute Gasteiger partial charge is 0.291 e. The number of nitrogens with zero attached hydrogens (tertiary/aromatic N) is 2. The minimum absolute atomic E-state index is 0.00727. The van der Waals surface area contributed by atoms with Crippen molar-refractivity contribution in [2.45, 2.75) is 12.5 Å². The van der Waals surface area contributed by atoms with E-state index in [1.165, 1.54) is 19.2 Å². The van der Waals surface area contributed by atoms with E-state index in [0.29, 0.717) is 24.6 Å². The molecule has 1 rings (SSSR count). The molecular weight excluding hydrogens is 238 g/mol. The molecule has 1 atom stereocenters. The van der Waals surface area contributed by atoms with Crippen LogP contribution in [0, 0.1) is 10.1 Å². The van der Waals surface area contributed by atoms with Gasteiger partial charge in [0.1, 0.15) is 5.69 Å². The second kappa shape index (κ2) is 6.87. The Kier molecular flexibility index (Phi) is 5.47. The molecule has 0 saturated heterocycles. The molecule has 0 aliphatic heterocycles. The Morgan fingerprint density at radius 2 is 2.22 bits per heavy atom. The monoisotopic (exact) mass is 255 g/mol. The van der Waals surface area contributed by atoms with Crippen LogP contribution in [0.2, 0.25) is 0 Å². The summed E-state index contributed by atoms with van der Waals surface area (Å²) in [5.74, 6) is 0.364. The molecule has 0 bridgehead atoms. The number of ether oxygens (including phenoxy) is 2. The van der Waals surface area contributed by atoms with Crippen molar-refractivity contribution in [2.24, 2.45) is 0 Å². The lowest BCUT2D eigenvalue weighted by Gasteiger charge is -2.14. The van der Waals surface area contributed by atoms with Gasteiger partial charge >= 0.3 is 0 Å². The second-order valence-corrected chi connectivity index (χ2v) is 3.72. The lowest BCUT2D eigenvalue weighted by atomic mass is 10.1. The van der Waals surface area contributed by atoms with Crippen LogP contribution in [0.5, 0.6) is 5.88 Å². The molecule has 100 valence electrons. The maximum absolute atomic E-state index is 10.9. The van der Waals surface area contributed by atoms with Gasteiger partial charge in [0, 0.05) is 31.7 Å². The van der Waals surface area contributed by atoms with Crippen LogP contribution in [0.1, 0.15) is 5.69 Å². The number of hydrogen-bond donors (Lipinski definition) is 1. The fourth-order valence-corrected chi connectivity index (χ4v) is 1.58. The number of nitro groups is 1. The molecule has 0 amide bonds. The van der Waals surface area contributed by atoms with Crippen LogP contribution < -0.4 is 10.1 Å². The SMILES string of the molecule is CNC(COC)Cc1nc(OC)ccc1[N+](=O)[O-]. The molecule has 1 aromatic heterocycles. The molecule has 1 unspecified atom stereocenters. The zero-order valence-electron chi connectivity index (χ0n) is 10.7. The van der Waals surface area contributed by atoms with Gasteiger partial charge in [-0.3, -0.25) is 10.1 Å². The number of aromatic nitrogens is 1. The minimum atomic E-state index is -0.443. The van der Waals surface area contributed by atoms with Crippen molar-refractivity contribution in [3.05, 3.63) is 27.9 Å². The van der Waals surface area contributed by atoms with E-state index in [2.05, 4.69) is 10.3 Å². The van der Waals surface area contributed by atoms with Crippen molar-refractivity contribution in [1.82, 2.24) is 10.3 Å². The van der Waals surface area contributed by atoms with E-state index < -0.39 is 4.92 Å². The highest BCUT2D eigenvalue weighted by Crippen LogP contribution is 2.21. The van der Waals surface area contributed by atoms with E-state index in [1.807, 2.05) is 0 Å².